The molecule has 0 radical (unpaired) electrons. The van der Waals surface area contributed by atoms with Gasteiger partial charge in [0.2, 0.25) is 10.0 Å². The summed E-state index contributed by atoms with van der Waals surface area (Å²) in [7, 11) is -2.50. The fourth-order valence-corrected chi connectivity index (χ4v) is 5.61. The number of halogens is 2. The number of hydrogen-bond donors (Lipinski definition) is 1. The molecule has 1 aromatic carbocycles. The van der Waals surface area contributed by atoms with Crippen LogP contribution < -0.4 is 10.1 Å². The largest absolute Gasteiger partial charge is 0.494 e. The van der Waals surface area contributed by atoms with E-state index in [4.69, 9.17) is 16.3 Å². The minimum Gasteiger partial charge on any atom is -0.494 e. The molecule has 11 heteroatoms. The summed E-state index contributed by atoms with van der Waals surface area (Å²) in [6.45, 7) is 0.441. The quantitative estimate of drug-likeness (QED) is 0.654. The molecule has 8 nitrogen and oxygen atoms in total. The van der Waals surface area contributed by atoms with Crippen molar-refractivity contribution in [2.24, 2.45) is 0 Å². The average Bonchev–Trinajstić information content (AvgIpc) is 3.44. The maximum absolute atomic E-state index is 13.0. The zero-order chi connectivity index (χ0) is 19.8. The second-order valence-corrected chi connectivity index (χ2v) is 9.56. The van der Waals surface area contributed by atoms with E-state index < -0.39 is 21.8 Å². The molecule has 27 heavy (non-hydrogen) atoms. The Hall–Kier alpha value is -1.36. The van der Waals surface area contributed by atoms with Crippen molar-refractivity contribution >= 4 is 49.4 Å². The van der Waals surface area contributed by atoms with Crippen molar-refractivity contribution in [1.29, 1.82) is 0 Å². The van der Waals surface area contributed by atoms with Crippen molar-refractivity contribution < 1.29 is 22.7 Å². The minimum atomic E-state index is -3.87. The summed E-state index contributed by atoms with van der Waals surface area (Å²) in [5.74, 6) is -1.09. The first kappa shape index (κ1) is 20.4. The lowest BCUT2D eigenvalue weighted by Gasteiger charge is -2.33. The number of amides is 2. The van der Waals surface area contributed by atoms with E-state index in [9.17, 15) is 18.0 Å². The molecular formula is C16H19BrClN3O5S. The van der Waals surface area contributed by atoms with E-state index in [2.05, 4.69) is 21.2 Å². The third kappa shape index (κ3) is 4.39. The monoisotopic (exact) mass is 479 g/mol. The molecule has 1 aliphatic heterocycles. The number of benzene rings is 1. The van der Waals surface area contributed by atoms with Crippen LogP contribution in [-0.2, 0) is 19.6 Å². The number of nitrogens with zero attached hydrogens (tertiary/aromatic N) is 2. The van der Waals surface area contributed by atoms with Crippen LogP contribution in [0, 0.1) is 0 Å². The van der Waals surface area contributed by atoms with Gasteiger partial charge in [0.1, 0.15) is 4.90 Å². The van der Waals surface area contributed by atoms with Crippen LogP contribution in [0.5, 0.6) is 5.75 Å². The van der Waals surface area contributed by atoms with Gasteiger partial charge in [-0.2, -0.15) is 4.31 Å². The Morgan fingerprint density at radius 2 is 1.85 bits per heavy atom. The van der Waals surface area contributed by atoms with E-state index in [1.807, 2.05) is 0 Å². The normalized spacial score (nSPS) is 18.3. The molecule has 2 amide bonds. The molecule has 0 aromatic heterocycles. The Morgan fingerprint density at radius 1 is 1.22 bits per heavy atom. The highest BCUT2D eigenvalue weighted by Crippen LogP contribution is 2.37. The van der Waals surface area contributed by atoms with Gasteiger partial charge in [0.05, 0.1) is 11.6 Å². The lowest BCUT2D eigenvalue weighted by molar-refractivity contribution is -0.146. The summed E-state index contributed by atoms with van der Waals surface area (Å²) in [4.78, 5) is 25.4. The Balaban J connectivity index is 1.71. The number of rotatable bonds is 4. The van der Waals surface area contributed by atoms with Crippen LogP contribution >= 0.6 is 27.5 Å². The maximum atomic E-state index is 13.0. The number of carbonyl (C=O) groups is 2. The Labute approximate surface area is 171 Å². The number of piperazine rings is 1. The van der Waals surface area contributed by atoms with Crippen molar-refractivity contribution in [1.82, 2.24) is 14.5 Å². The van der Waals surface area contributed by atoms with Crippen LogP contribution in [0.1, 0.15) is 12.8 Å². The fraction of sp³-hybridized carbons (Fsp3) is 0.500. The fourth-order valence-electron chi connectivity index (χ4n) is 2.82. The lowest BCUT2D eigenvalue weighted by Crippen LogP contribution is -2.54. The van der Waals surface area contributed by atoms with Crippen LogP contribution in [0.25, 0.3) is 0 Å². The summed E-state index contributed by atoms with van der Waals surface area (Å²) in [6.07, 6.45) is 1.78. The predicted octanol–water partition coefficient (Wildman–Crippen LogP) is 1.22. The van der Waals surface area contributed by atoms with E-state index in [1.54, 1.807) is 6.07 Å². The predicted molar refractivity (Wildman–Crippen MR) is 102 cm³/mol. The van der Waals surface area contributed by atoms with Crippen molar-refractivity contribution in [3.63, 3.8) is 0 Å². The summed E-state index contributed by atoms with van der Waals surface area (Å²) in [6, 6.07) is 2.98. The number of hydrogen-bond acceptors (Lipinski definition) is 5. The highest BCUT2D eigenvalue weighted by molar-refractivity contribution is 9.10. The molecular weight excluding hydrogens is 462 g/mol. The van der Waals surface area contributed by atoms with Crippen LogP contribution in [0.15, 0.2) is 21.5 Å². The van der Waals surface area contributed by atoms with E-state index in [0.717, 1.165) is 12.8 Å². The summed E-state index contributed by atoms with van der Waals surface area (Å²) < 4.78 is 32.9. The second-order valence-electron chi connectivity index (χ2n) is 6.36. The molecule has 148 valence electrons. The smallest absolute Gasteiger partial charge is 0.311 e. The lowest BCUT2D eigenvalue weighted by atomic mass is 10.3. The third-order valence-corrected chi connectivity index (χ3v) is 7.14. The second kappa shape index (κ2) is 7.94. The van der Waals surface area contributed by atoms with E-state index >= 15 is 0 Å². The van der Waals surface area contributed by atoms with Gasteiger partial charge in [-0.05, 0) is 40.9 Å². The van der Waals surface area contributed by atoms with Crippen molar-refractivity contribution in [2.45, 2.75) is 23.8 Å². The van der Waals surface area contributed by atoms with Gasteiger partial charge >= 0.3 is 11.8 Å². The first-order valence-electron chi connectivity index (χ1n) is 8.37. The van der Waals surface area contributed by atoms with Crippen LogP contribution in [0.2, 0.25) is 5.02 Å². The summed E-state index contributed by atoms with van der Waals surface area (Å²) in [5, 5.41) is 2.90. The van der Waals surface area contributed by atoms with Gasteiger partial charge in [0.15, 0.2) is 5.75 Å². The van der Waals surface area contributed by atoms with Crippen LogP contribution in [0.3, 0.4) is 0 Å². The Kier molecular flexibility index (Phi) is 5.99. The molecule has 1 aliphatic carbocycles. The first-order chi connectivity index (χ1) is 12.7. The molecule has 1 aromatic rings. The highest BCUT2D eigenvalue weighted by atomic mass is 79.9. The summed E-state index contributed by atoms with van der Waals surface area (Å²) in [5.41, 5.74) is 0. The zero-order valence-electron chi connectivity index (χ0n) is 14.6. The van der Waals surface area contributed by atoms with E-state index in [0.29, 0.717) is 4.47 Å². The molecule has 1 N–H and O–H groups in total. The minimum absolute atomic E-state index is 0.0457. The van der Waals surface area contributed by atoms with Crippen LogP contribution in [0.4, 0.5) is 0 Å². The van der Waals surface area contributed by atoms with Gasteiger partial charge in [-0.3, -0.25) is 9.59 Å². The SMILES string of the molecule is COc1c(Br)cc(Cl)cc1S(=O)(=O)N1CCN(C(=O)C(=O)NC2CC2)CC1. The Bertz CT molecular complexity index is 867. The zero-order valence-corrected chi connectivity index (χ0v) is 17.7. The standard InChI is InChI=1S/C16H19BrClN3O5S/c1-26-14-12(17)8-10(18)9-13(14)27(24,25)21-6-4-20(5-7-21)16(23)15(22)19-11-2-3-11/h8-9,11H,2-7H2,1H3,(H,19,22). The van der Waals surface area contributed by atoms with E-state index in [1.165, 1.54) is 22.4 Å². The molecule has 1 heterocycles. The molecule has 3 rings (SSSR count). The van der Waals surface area contributed by atoms with Gasteiger partial charge in [-0.25, -0.2) is 8.42 Å². The van der Waals surface area contributed by atoms with Crippen LogP contribution in [-0.4, -0.2) is 68.8 Å². The molecule has 2 fully saturated rings. The molecule has 1 saturated heterocycles. The molecule has 0 spiro atoms. The average molecular weight is 481 g/mol. The third-order valence-electron chi connectivity index (χ3n) is 4.43. The molecule has 2 aliphatic rings. The van der Waals surface area contributed by atoms with Gasteiger partial charge in [-0.1, -0.05) is 11.6 Å². The number of methoxy groups -OCH3 is 1. The number of nitrogens with one attached hydrogen (secondary N) is 1. The Morgan fingerprint density at radius 3 is 2.41 bits per heavy atom. The maximum Gasteiger partial charge on any atom is 0.311 e. The first-order valence-corrected chi connectivity index (χ1v) is 11.0. The highest BCUT2D eigenvalue weighted by Gasteiger charge is 2.35. The van der Waals surface area contributed by atoms with Crippen molar-refractivity contribution in [3.05, 3.63) is 21.6 Å². The van der Waals surface area contributed by atoms with Gasteiger partial charge in [-0.15, -0.1) is 0 Å². The molecule has 0 unspecified atom stereocenters. The molecule has 0 atom stereocenters. The topological polar surface area (TPSA) is 96.0 Å². The van der Waals surface area contributed by atoms with Crippen molar-refractivity contribution in [2.75, 3.05) is 33.3 Å². The summed E-state index contributed by atoms with van der Waals surface area (Å²) >= 11 is 9.26. The molecule has 1 saturated carbocycles. The number of carbonyl (C=O) groups excluding carboxylic acids is 2. The van der Waals surface area contributed by atoms with Gasteiger partial charge in [0, 0.05) is 37.2 Å². The van der Waals surface area contributed by atoms with Gasteiger partial charge in [0.25, 0.3) is 0 Å². The van der Waals surface area contributed by atoms with Gasteiger partial charge < -0.3 is 15.0 Å². The number of sulfonamides is 1. The molecule has 0 bridgehead atoms. The number of ether oxygens (including phenoxy) is 1. The van der Waals surface area contributed by atoms with E-state index in [-0.39, 0.29) is 47.9 Å². The van der Waals surface area contributed by atoms with Crippen molar-refractivity contribution in [3.8, 4) is 5.75 Å².